The van der Waals surface area contributed by atoms with Crippen LogP contribution in [0.3, 0.4) is 0 Å². The summed E-state index contributed by atoms with van der Waals surface area (Å²) in [6.45, 7) is 5.88. The van der Waals surface area contributed by atoms with Gasteiger partial charge < -0.3 is 4.90 Å². The lowest BCUT2D eigenvalue weighted by Crippen LogP contribution is -2.17. The Morgan fingerprint density at radius 1 is 0.600 bits per heavy atom. The molecule has 1 heteroatoms. The minimum Gasteiger partial charge on any atom is -0.309 e. The van der Waals surface area contributed by atoms with Crippen LogP contribution in [0.1, 0.15) is 97.3 Å². The third-order valence-electron chi connectivity index (χ3n) is 4.42. The van der Waals surface area contributed by atoms with Gasteiger partial charge in [-0.1, -0.05) is 90.9 Å². The Labute approximate surface area is 129 Å². The van der Waals surface area contributed by atoms with E-state index >= 15 is 0 Å². The summed E-state index contributed by atoms with van der Waals surface area (Å²) >= 11 is 0. The molecule has 1 nitrogen and oxygen atoms in total. The zero-order valence-electron chi connectivity index (χ0n) is 14.9. The lowest BCUT2D eigenvalue weighted by atomic mass is 9.91. The highest BCUT2D eigenvalue weighted by molar-refractivity contribution is 4.62. The van der Waals surface area contributed by atoms with Crippen LogP contribution in [0, 0.1) is 5.92 Å². The van der Waals surface area contributed by atoms with E-state index in [4.69, 9.17) is 0 Å². The molecule has 0 spiro atoms. The molecule has 0 aliphatic carbocycles. The molecule has 0 saturated carbocycles. The summed E-state index contributed by atoms with van der Waals surface area (Å²) in [5.74, 6) is 0.987. The highest BCUT2D eigenvalue weighted by Crippen LogP contribution is 2.21. The second-order valence-electron chi connectivity index (χ2n) is 6.86. The maximum atomic E-state index is 2.35. The molecule has 0 fully saturated rings. The van der Waals surface area contributed by atoms with Gasteiger partial charge in [0, 0.05) is 0 Å². The van der Waals surface area contributed by atoms with Gasteiger partial charge in [0.05, 0.1) is 0 Å². The lowest BCUT2D eigenvalue weighted by molar-refractivity contribution is 0.314. The van der Waals surface area contributed by atoms with E-state index in [1.807, 2.05) is 0 Å². The molecule has 1 atom stereocenters. The van der Waals surface area contributed by atoms with Crippen molar-refractivity contribution in [2.75, 3.05) is 20.6 Å². The molecule has 0 aliphatic rings. The molecule has 122 valence electrons. The molecule has 0 rings (SSSR count). The molecule has 1 unspecified atom stereocenters. The minimum atomic E-state index is 0.987. The van der Waals surface area contributed by atoms with Gasteiger partial charge in [-0.05, 0) is 33.0 Å². The van der Waals surface area contributed by atoms with Crippen LogP contribution in [-0.2, 0) is 0 Å². The average Bonchev–Trinajstić information content (AvgIpc) is 2.43. The maximum absolute atomic E-state index is 2.35. The third kappa shape index (κ3) is 14.4. The summed E-state index contributed by atoms with van der Waals surface area (Å²) in [5, 5.41) is 0. The van der Waals surface area contributed by atoms with Crippen molar-refractivity contribution < 1.29 is 0 Å². The Morgan fingerprint density at radius 2 is 1.05 bits per heavy atom. The zero-order valence-corrected chi connectivity index (χ0v) is 14.9. The number of hydrogen-bond donors (Lipinski definition) is 0. The van der Waals surface area contributed by atoms with Gasteiger partial charge in [-0.3, -0.25) is 0 Å². The van der Waals surface area contributed by atoms with Gasteiger partial charge in [0.2, 0.25) is 0 Å². The number of hydrogen-bond acceptors (Lipinski definition) is 1. The smallest absolute Gasteiger partial charge is 0.00222 e. The largest absolute Gasteiger partial charge is 0.309 e. The first-order valence-corrected chi connectivity index (χ1v) is 9.35. The lowest BCUT2D eigenvalue weighted by Gasteiger charge is -2.19. The first kappa shape index (κ1) is 20.0. The first-order valence-electron chi connectivity index (χ1n) is 9.35. The van der Waals surface area contributed by atoms with Crippen molar-refractivity contribution in [2.45, 2.75) is 97.3 Å². The van der Waals surface area contributed by atoms with Gasteiger partial charge in [0.1, 0.15) is 0 Å². The molecule has 0 aromatic heterocycles. The van der Waals surface area contributed by atoms with Crippen molar-refractivity contribution in [3.05, 3.63) is 0 Å². The minimum absolute atomic E-state index is 0.987. The van der Waals surface area contributed by atoms with E-state index in [1.54, 1.807) is 0 Å². The zero-order chi connectivity index (χ0) is 15.1. The highest BCUT2D eigenvalue weighted by Gasteiger charge is 2.09. The topological polar surface area (TPSA) is 3.24 Å². The summed E-state index contributed by atoms with van der Waals surface area (Å²) < 4.78 is 0. The van der Waals surface area contributed by atoms with E-state index in [0.717, 1.165) is 5.92 Å². The first-order chi connectivity index (χ1) is 9.70. The van der Waals surface area contributed by atoms with Gasteiger partial charge in [0.15, 0.2) is 0 Å². The molecule has 0 radical (unpaired) electrons. The van der Waals surface area contributed by atoms with Crippen molar-refractivity contribution in [3.8, 4) is 0 Å². The maximum Gasteiger partial charge on any atom is -0.00222 e. The summed E-state index contributed by atoms with van der Waals surface area (Å²) in [6.07, 6.45) is 18.7. The van der Waals surface area contributed by atoms with Gasteiger partial charge >= 0.3 is 0 Å². The molecule has 0 N–H and O–H groups in total. The van der Waals surface area contributed by atoms with Crippen LogP contribution in [0.2, 0.25) is 0 Å². The Kier molecular flexibility index (Phi) is 15.3. The summed E-state index contributed by atoms with van der Waals surface area (Å²) in [6, 6.07) is 0. The van der Waals surface area contributed by atoms with Crippen LogP contribution in [0.5, 0.6) is 0 Å². The molecule has 0 amide bonds. The predicted molar refractivity (Wildman–Crippen MR) is 93.4 cm³/mol. The van der Waals surface area contributed by atoms with Crippen LogP contribution in [0.4, 0.5) is 0 Å². The van der Waals surface area contributed by atoms with Crippen LogP contribution in [0.15, 0.2) is 0 Å². The van der Waals surface area contributed by atoms with E-state index in [1.165, 1.54) is 90.0 Å². The van der Waals surface area contributed by atoms with Crippen LogP contribution < -0.4 is 0 Å². The fraction of sp³-hybridized carbons (Fsp3) is 1.00. The molecular formula is C19H41N. The second kappa shape index (κ2) is 15.4. The quantitative estimate of drug-likeness (QED) is 0.320. The Morgan fingerprint density at radius 3 is 1.55 bits per heavy atom. The van der Waals surface area contributed by atoms with E-state index in [9.17, 15) is 0 Å². The van der Waals surface area contributed by atoms with Crippen molar-refractivity contribution in [1.29, 1.82) is 0 Å². The summed E-state index contributed by atoms with van der Waals surface area (Å²) in [5.41, 5.74) is 0. The standard InChI is InChI=1S/C19H41N/c1-5-7-9-11-12-14-16-19(17-18-20(3)4)15-13-10-8-6-2/h19H,5-18H2,1-4H3. The van der Waals surface area contributed by atoms with Crippen molar-refractivity contribution in [1.82, 2.24) is 4.90 Å². The van der Waals surface area contributed by atoms with Crippen LogP contribution in [-0.4, -0.2) is 25.5 Å². The van der Waals surface area contributed by atoms with E-state index < -0.39 is 0 Å². The summed E-state index contributed by atoms with van der Waals surface area (Å²) in [4.78, 5) is 2.35. The molecule has 20 heavy (non-hydrogen) atoms. The number of nitrogens with zero attached hydrogens (tertiary/aromatic N) is 1. The van der Waals surface area contributed by atoms with Crippen molar-refractivity contribution in [2.24, 2.45) is 5.92 Å². The van der Waals surface area contributed by atoms with Gasteiger partial charge in [0.25, 0.3) is 0 Å². The van der Waals surface area contributed by atoms with Gasteiger partial charge in [-0.15, -0.1) is 0 Å². The predicted octanol–water partition coefficient (Wildman–Crippen LogP) is 6.28. The van der Waals surface area contributed by atoms with Crippen molar-refractivity contribution >= 4 is 0 Å². The van der Waals surface area contributed by atoms with Gasteiger partial charge in [-0.2, -0.15) is 0 Å². The molecule has 0 aliphatic heterocycles. The molecule has 0 aromatic rings. The molecule has 0 bridgehead atoms. The van der Waals surface area contributed by atoms with E-state index in [2.05, 4.69) is 32.8 Å². The Hall–Kier alpha value is -0.0400. The summed E-state index contributed by atoms with van der Waals surface area (Å²) in [7, 11) is 4.41. The van der Waals surface area contributed by atoms with Gasteiger partial charge in [-0.25, -0.2) is 0 Å². The van der Waals surface area contributed by atoms with Crippen LogP contribution in [0.25, 0.3) is 0 Å². The molecule has 0 saturated heterocycles. The average molecular weight is 284 g/mol. The molecular weight excluding hydrogens is 242 g/mol. The SMILES string of the molecule is CCCCCCCCC(CCCCCC)CCN(C)C. The van der Waals surface area contributed by atoms with Crippen LogP contribution >= 0.6 is 0 Å². The van der Waals surface area contributed by atoms with Crippen molar-refractivity contribution in [3.63, 3.8) is 0 Å². The number of rotatable bonds is 15. The molecule has 0 aromatic carbocycles. The third-order valence-corrected chi connectivity index (χ3v) is 4.42. The fourth-order valence-corrected chi connectivity index (χ4v) is 2.95. The Balaban J connectivity index is 3.68. The van der Waals surface area contributed by atoms with E-state index in [0.29, 0.717) is 0 Å². The second-order valence-corrected chi connectivity index (χ2v) is 6.86. The fourth-order valence-electron chi connectivity index (χ4n) is 2.95. The Bertz CT molecular complexity index is 177. The monoisotopic (exact) mass is 283 g/mol. The number of unbranched alkanes of at least 4 members (excludes halogenated alkanes) is 8. The van der Waals surface area contributed by atoms with E-state index in [-0.39, 0.29) is 0 Å². The highest BCUT2D eigenvalue weighted by atomic mass is 15.0. The molecule has 0 heterocycles. The normalized spacial score (nSPS) is 13.1.